The smallest absolute Gasteiger partial charge is 0.0483 e. The first-order valence-corrected chi connectivity index (χ1v) is 6.76. The van der Waals surface area contributed by atoms with Crippen LogP contribution in [0.5, 0.6) is 0 Å². The van der Waals surface area contributed by atoms with Crippen LogP contribution in [0.3, 0.4) is 0 Å². The molecule has 2 fully saturated rings. The Bertz CT molecular complexity index is 204. The fourth-order valence-corrected chi connectivity index (χ4v) is 2.89. The third kappa shape index (κ3) is 2.96. The molecule has 0 spiro atoms. The van der Waals surface area contributed by atoms with Gasteiger partial charge >= 0.3 is 0 Å². The van der Waals surface area contributed by atoms with Crippen molar-refractivity contribution < 1.29 is 9.84 Å². The lowest BCUT2D eigenvalue weighted by Crippen LogP contribution is -2.54. The van der Waals surface area contributed by atoms with Crippen LogP contribution >= 0.6 is 0 Å². The molecule has 1 heterocycles. The Labute approximate surface area is 98.6 Å². The first-order valence-electron chi connectivity index (χ1n) is 6.76. The number of hydrogen-bond acceptors (Lipinski definition) is 3. The summed E-state index contributed by atoms with van der Waals surface area (Å²) < 4.78 is 5.44. The van der Waals surface area contributed by atoms with E-state index in [0.717, 1.165) is 38.4 Å². The average Bonchev–Trinajstić information content (AvgIpc) is 3.12. The number of aliphatic hydroxyl groups is 1. The van der Waals surface area contributed by atoms with E-state index in [2.05, 4.69) is 12.2 Å². The van der Waals surface area contributed by atoms with E-state index < -0.39 is 0 Å². The van der Waals surface area contributed by atoms with Crippen molar-refractivity contribution in [1.82, 2.24) is 5.32 Å². The van der Waals surface area contributed by atoms with Crippen LogP contribution in [-0.4, -0.2) is 36.5 Å². The molecule has 1 atom stereocenters. The van der Waals surface area contributed by atoms with Crippen LogP contribution in [0.4, 0.5) is 0 Å². The van der Waals surface area contributed by atoms with Gasteiger partial charge in [0.2, 0.25) is 0 Å². The number of rotatable bonds is 6. The van der Waals surface area contributed by atoms with Crippen LogP contribution < -0.4 is 5.32 Å². The van der Waals surface area contributed by atoms with Crippen LogP contribution in [-0.2, 0) is 4.74 Å². The summed E-state index contributed by atoms with van der Waals surface area (Å²) >= 11 is 0. The largest absolute Gasteiger partial charge is 0.396 e. The Morgan fingerprint density at radius 2 is 2.06 bits per heavy atom. The average molecular weight is 227 g/mol. The lowest BCUT2D eigenvalue weighted by atomic mass is 9.85. The summed E-state index contributed by atoms with van der Waals surface area (Å²) in [6, 6.07) is 0.657. The molecule has 3 nitrogen and oxygen atoms in total. The Balaban J connectivity index is 1.94. The summed E-state index contributed by atoms with van der Waals surface area (Å²) in [5.74, 6) is 0.892. The number of ether oxygens (including phenoxy) is 1. The van der Waals surface area contributed by atoms with Gasteiger partial charge in [0.15, 0.2) is 0 Å². The molecule has 0 aromatic carbocycles. The molecule has 1 unspecified atom stereocenters. The van der Waals surface area contributed by atoms with Crippen LogP contribution in [0.25, 0.3) is 0 Å². The van der Waals surface area contributed by atoms with Gasteiger partial charge in [0.1, 0.15) is 0 Å². The minimum Gasteiger partial charge on any atom is -0.396 e. The van der Waals surface area contributed by atoms with Gasteiger partial charge in [-0.25, -0.2) is 0 Å². The zero-order valence-electron chi connectivity index (χ0n) is 10.4. The van der Waals surface area contributed by atoms with E-state index in [1.165, 1.54) is 19.3 Å². The Hall–Kier alpha value is -0.120. The summed E-state index contributed by atoms with van der Waals surface area (Å²) in [6.45, 7) is 4.23. The maximum atomic E-state index is 9.24. The zero-order valence-corrected chi connectivity index (χ0v) is 10.4. The lowest BCUT2D eigenvalue weighted by Gasteiger charge is -2.41. The number of nitrogens with one attached hydrogen (secondary N) is 1. The molecule has 0 amide bonds. The standard InChI is InChI=1S/C13H25NO2/c1-2-12(11-3-4-11)14-13(5-8-15)6-9-16-10-7-13/h11-12,14-15H,2-10H2,1H3. The maximum absolute atomic E-state index is 9.24. The third-order valence-corrected chi connectivity index (χ3v) is 4.16. The minimum absolute atomic E-state index is 0.149. The molecule has 1 aliphatic carbocycles. The predicted octanol–water partition coefficient (Wildman–Crippen LogP) is 1.70. The molecule has 94 valence electrons. The Kier molecular flexibility index (Phi) is 4.22. The quantitative estimate of drug-likeness (QED) is 0.725. The molecular weight excluding hydrogens is 202 g/mol. The minimum atomic E-state index is 0.149. The highest BCUT2D eigenvalue weighted by Gasteiger charge is 2.38. The lowest BCUT2D eigenvalue weighted by molar-refractivity contribution is 0.0207. The summed E-state index contributed by atoms with van der Waals surface area (Å²) in [5.41, 5.74) is 0.149. The van der Waals surface area contributed by atoms with E-state index in [9.17, 15) is 5.11 Å². The predicted molar refractivity (Wildman–Crippen MR) is 64.4 cm³/mol. The highest BCUT2D eigenvalue weighted by molar-refractivity contribution is 4.96. The van der Waals surface area contributed by atoms with E-state index >= 15 is 0 Å². The summed E-state index contributed by atoms with van der Waals surface area (Å²) in [7, 11) is 0. The van der Waals surface area contributed by atoms with Crippen LogP contribution in [0, 0.1) is 5.92 Å². The number of hydrogen-bond donors (Lipinski definition) is 2. The van der Waals surface area contributed by atoms with Gasteiger partial charge in [-0.15, -0.1) is 0 Å². The van der Waals surface area contributed by atoms with E-state index in [4.69, 9.17) is 4.74 Å². The van der Waals surface area contributed by atoms with Crippen molar-refractivity contribution in [3.63, 3.8) is 0 Å². The van der Waals surface area contributed by atoms with Crippen LogP contribution in [0.15, 0.2) is 0 Å². The molecule has 2 aliphatic rings. The fraction of sp³-hybridized carbons (Fsp3) is 1.00. The monoisotopic (exact) mass is 227 g/mol. The van der Waals surface area contributed by atoms with Crippen LogP contribution in [0.1, 0.15) is 45.4 Å². The van der Waals surface area contributed by atoms with Crippen molar-refractivity contribution in [3.05, 3.63) is 0 Å². The molecular formula is C13H25NO2. The Morgan fingerprint density at radius 1 is 1.38 bits per heavy atom. The fourth-order valence-electron chi connectivity index (χ4n) is 2.89. The Morgan fingerprint density at radius 3 is 2.56 bits per heavy atom. The second kappa shape index (κ2) is 5.48. The van der Waals surface area contributed by atoms with Gasteiger partial charge in [-0.1, -0.05) is 6.92 Å². The topological polar surface area (TPSA) is 41.5 Å². The first-order chi connectivity index (χ1) is 7.79. The summed E-state index contributed by atoms with van der Waals surface area (Å²) in [5, 5.41) is 13.1. The van der Waals surface area contributed by atoms with Crippen molar-refractivity contribution in [2.45, 2.75) is 57.0 Å². The number of aliphatic hydroxyl groups excluding tert-OH is 1. The van der Waals surface area contributed by atoms with Gasteiger partial charge in [0, 0.05) is 31.4 Å². The highest BCUT2D eigenvalue weighted by atomic mass is 16.5. The van der Waals surface area contributed by atoms with Crippen molar-refractivity contribution >= 4 is 0 Å². The van der Waals surface area contributed by atoms with E-state index in [-0.39, 0.29) is 12.1 Å². The van der Waals surface area contributed by atoms with Crippen molar-refractivity contribution in [2.75, 3.05) is 19.8 Å². The second-order valence-corrected chi connectivity index (χ2v) is 5.36. The zero-order chi connectivity index (χ0) is 11.4. The molecule has 0 aromatic heterocycles. The van der Waals surface area contributed by atoms with Gasteiger partial charge in [-0.2, -0.15) is 0 Å². The van der Waals surface area contributed by atoms with Crippen LogP contribution in [0.2, 0.25) is 0 Å². The van der Waals surface area contributed by atoms with E-state index in [1.54, 1.807) is 0 Å². The van der Waals surface area contributed by atoms with Gasteiger partial charge in [-0.05, 0) is 44.4 Å². The molecule has 2 N–H and O–H groups in total. The van der Waals surface area contributed by atoms with Gasteiger partial charge in [-0.3, -0.25) is 0 Å². The summed E-state index contributed by atoms with van der Waals surface area (Å²) in [4.78, 5) is 0. The van der Waals surface area contributed by atoms with E-state index in [1.807, 2.05) is 0 Å². The highest BCUT2D eigenvalue weighted by Crippen LogP contribution is 2.36. The van der Waals surface area contributed by atoms with Gasteiger partial charge < -0.3 is 15.2 Å². The molecule has 0 radical (unpaired) electrons. The maximum Gasteiger partial charge on any atom is 0.0483 e. The molecule has 3 heteroatoms. The van der Waals surface area contributed by atoms with Crippen molar-refractivity contribution in [1.29, 1.82) is 0 Å². The molecule has 1 saturated heterocycles. The normalized spacial score (nSPS) is 26.6. The van der Waals surface area contributed by atoms with Crippen molar-refractivity contribution in [3.8, 4) is 0 Å². The summed E-state index contributed by atoms with van der Waals surface area (Å²) in [6.07, 6.45) is 6.96. The first kappa shape index (κ1) is 12.3. The van der Waals surface area contributed by atoms with Gasteiger partial charge in [0.05, 0.1) is 0 Å². The SMILES string of the molecule is CCC(NC1(CCO)CCOCC1)C1CC1. The molecule has 0 aromatic rings. The van der Waals surface area contributed by atoms with Crippen molar-refractivity contribution in [2.24, 2.45) is 5.92 Å². The third-order valence-electron chi connectivity index (χ3n) is 4.16. The van der Waals surface area contributed by atoms with Gasteiger partial charge in [0.25, 0.3) is 0 Å². The molecule has 1 saturated carbocycles. The molecule has 16 heavy (non-hydrogen) atoms. The molecule has 0 bridgehead atoms. The molecule has 1 aliphatic heterocycles. The second-order valence-electron chi connectivity index (χ2n) is 5.36. The van der Waals surface area contributed by atoms with E-state index in [0.29, 0.717) is 6.04 Å². The molecule has 2 rings (SSSR count).